The molecule has 0 aromatic rings. The molecule has 3 N–H and O–H groups in total. The van der Waals surface area contributed by atoms with Gasteiger partial charge in [-0.1, -0.05) is 6.92 Å². The molecule has 1 aliphatic rings. The predicted molar refractivity (Wildman–Crippen MR) is 52.8 cm³/mol. The van der Waals surface area contributed by atoms with Crippen molar-refractivity contribution in [3.63, 3.8) is 0 Å². The smallest absolute Gasteiger partial charge is 0.321 e. The van der Waals surface area contributed by atoms with E-state index in [0.29, 0.717) is 12.0 Å². The molecule has 1 rings (SSSR count). The van der Waals surface area contributed by atoms with E-state index in [1.807, 2.05) is 0 Å². The number of nitrogens with one attached hydrogen (secondary N) is 3. The fraction of sp³-hybridized carbons (Fsp3) is 0.778. The first-order valence-electron chi connectivity index (χ1n) is 4.83. The zero-order valence-electron chi connectivity index (χ0n) is 8.76. The minimum absolute atomic E-state index is 0.288. The molecule has 3 atom stereocenters. The normalized spacial score (nSPS) is 26.5. The van der Waals surface area contributed by atoms with E-state index >= 15 is 0 Å². The van der Waals surface area contributed by atoms with Gasteiger partial charge >= 0.3 is 6.03 Å². The van der Waals surface area contributed by atoms with E-state index in [4.69, 9.17) is 0 Å². The minimum Gasteiger partial charge on any atom is -0.341 e. The van der Waals surface area contributed by atoms with Gasteiger partial charge in [0.2, 0.25) is 5.91 Å². The van der Waals surface area contributed by atoms with Crippen molar-refractivity contribution < 1.29 is 9.59 Å². The number of rotatable bonds is 3. The molecule has 5 heteroatoms. The molecule has 0 spiro atoms. The molecule has 1 aliphatic carbocycles. The van der Waals surface area contributed by atoms with Crippen LogP contribution in [0.4, 0.5) is 4.79 Å². The maximum absolute atomic E-state index is 11.3. The summed E-state index contributed by atoms with van der Waals surface area (Å²) in [7, 11) is 1.48. The fourth-order valence-electron chi connectivity index (χ4n) is 1.23. The van der Waals surface area contributed by atoms with Crippen molar-refractivity contribution in [2.75, 3.05) is 7.05 Å². The Balaban J connectivity index is 2.25. The van der Waals surface area contributed by atoms with E-state index in [2.05, 4.69) is 22.9 Å². The first-order chi connectivity index (χ1) is 6.54. The third-order valence-corrected chi connectivity index (χ3v) is 2.43. The first-order valence-corrected chi connectivity index (χ1v) is 4.83. The van der Waals surface area contributed by atoms with E-state index in [0.717, 1.165) is 6.42 Å². The first kappa shape index (κ1) is 11.0. The van der Waals surface area contributed by atoms with Crippen molar-refractivity contribution in [1.29, 1.82) is 0 Å². The van der Waals surface area contributed by atoms with Crippen LogP contribution >= 0.6 is 0 Å². The second kappa shape index (κ2) is 4.41. The van der Waals surface area contributed by atoms with Crippen LogP contribution in [-0.4, -0.2) is 31.1 Å². The van der Waals surface area contributed by atoms with Crippen LogP contribution in [0.5, 0.6) is 0 Å². The van der Waals surface area contributed by atoms with Gasteiger partial charge in [-0.2, -0.15) is 0 Å². The molecule has 1 saturated carbocycles. The molecular formula is C9H17N3O2. The molecule has 80 valence electrons. The molecule has 3 amide bonds. The van der Waals surface area contributed by atoms with Crippen LogP contribution in [0.25, 0.3) is 0 Å². The maximum Gasteiger partial charge on any atom is 0.321 e. The third-order valence-electron chi connectivity index (χ3n) is 2.43. The highest BCUT2D eigenvalue weighted by Gasteiger charge is 2.34. The zero-order chi connectivity index (χ0) is 10.7. The Kier molecular flexibility index (Phi) is 3.46. The van der Waals surface area contributed by atoms with Crippen LogP contribution in [0.1, 0.15) is 20.3 Å². The summed E-state index contributed by atoms with van der Waals surface area (Å²) in [5.74, 6) is 0.355. The number of hydrogen-bond acceptors (Lipinski definition) is 3. The molecule has 0 aromatic heterocycles. The van der Waals surface area contributed by atoms with Crippen molar-refractivity contribution in [1.82, 2.24) is 16.0 Å². The molecule has 0 aliphatic heterocycles. The fourth-order valence-corrected chi connectivity index (χ4v) is 1.23. The Morgan fingerprint density at radius 3 is 2.43 bits per heavy atom. The van der Waals surface area contributed by atoms with Gasteiger partial charge in [0.05, 0.1) is 6.04 Å². The molecule has 0 saturated heterocycles. The standard InChI is InChI=1S/C9H17N3O2/c1-5-4-7(5)11-6(2)8(13)12-9(14)10-3/h5-7,11H,4H2,1-3H3,(H2,10,12,13,14). The van der Waals surface area contributed by atoms with Crippen molar-refractivity contribution >= 4 is 11.9 Å². The van der Waals surface area contributed by atoms with Gasteiger partial charge in [0, 0.05) is 13.1 Å². The Morgan fingerprint density at radius 1 is 1.43 bits per heavy atom. The molecule has 14 heavy (non-hydrogen) atoms. The summed E-state index contributed by atoms with van der Waals surface area (Å²) in [6, 6.07) is -0.352. The molecule has 3 unspecified atom stereocenters. The van der Waals surface area contributed by atoms with Gasteiger partial charge in [-0.15, -0.1) is 0 Å². The number of carbonyl (C=O) groups is 2. The molecule has 1 fully saturated rings. The molecule has 0 heterocycles. The third kappa shape index (κ3) is 2.99. The zero-order valence-corrected chi connectivity index (χ0v) is 8.76. The van der Waals surface area contributed by atoms with Crippen LogP contribution in [0.3, 0.4) is 0 Å². The molecule has 0 bridgehead atoms. The second-order valence-corrected chi connectivity index (χ2v) is 3.78. The van der Waals surface area contributed by atoms with Crippen LogP contribution in [0, 0.1) is 5.92 Å². The van der Waals surface area contributed by atoms with Gasteiger partial charge in [-0.3, -0.25) is 10.1 Å². The molecular weight excluding hydrogens is 182 g/mol. The SMILES string of the molecule is CNC(=O)NC(=O)C(C)NC1CC1C. The van der Waals surface area contributed by atoms with Crippen molar-refractivity contribution in [2.24, 2.45) is 5.92 Å². The largest absolute Gasteiger partial charge is 0.341 e. The summed E-state index contributed by atoms with van der Waals surface area (Å²) in [5.41, 5.74) is 0. The average molecular weight is 199 g/mol. The number of imide groups is 1. The van der Waals surface area contributed by atoms with Crippen LogP contribution in [0.2, 0.25) is 0 Å². The lowest BCUT2D eigenvalue weighted by Gasteiger charge is -2.12. The summed E-state index contributed by atoms with van der Waals surface area (Å²) in [4.78, 5) is 22.2. The highest BCUT2D eigenvalue weighted by atomic mass is 16.2. The monoisotopic (exact) mass is 199 g/mol. The van der Waals surface area contributed by atoms with E-state index in [1.54, 1.807) is 6.92 Å². The topological polar surface area (TPSA) is 70.2 Å². The number of amides is 3. The van der Waals surface area contributed by atoms with Crippen LogP contribution < -0.4 is 16.0 Å². The summed E-state index contributed by atoms with van der Waals surface area (Å²) < 4.78 is 0. The lowest BCUT2D eigenvalue weighted by molar-refractivity contribution is -0.121. The van der Waals surface area contributed by atoms with Crippen molar-refractivity contribution in [2.45, 2.75) is 32.4 Å². The van der Waals surface area contributed by atoms with E-state index in [-0.39, 0.29) is 11.9 Å². The molecule has 0 radical (unpaired) electrons. The minimum atomic E-state index is -0.465. The number of urea groups is 1. The van der Waals surface area contributed by atoms with Gasteiger partial charge in [0.15, 0.2) is 0 Å². The Bertz CT molecular complexity index is 242. The molecule has 5 nitrogen and oxygen atoms in total. The predicted octanol–water partition coefficient (Wildman–Crippen LogP) is -0.171. The van der Waals surface area contributed by atoms with Gasteiger partial charge in [0.1, 0.15) is 0 Å². The maximum atomic E-state index is 11.3. The van der Waals surface area contributed by atoms with Crippen LogP contribution in [0.15, 0.2) is 0 Å². The van der Waals surface area contributed by atoms with E-state index in [9.17, 15) is 9.59 Å². The second-order valence-electron chi connectivity index (χ2n) is 3.78. The Hall–Kier alpha value is -1.10. The summed E-state index contributed by atoms with van der Waals surface area (Å²) in [6.45, 7) is 3.88. The summed E-state index contributed by atoms with van der Waals surface area (Å²) in [6.07, 6.45) is 1.11. The lowest BCUT2D eigenvalue weighted by Crippen LogP contribution is -2.48. The van der Waals surface area contributed by atoms with Gasteiger partial charge in [-0.25, -0.2) is 4.79 Å². The Morgan fingerprint density at radius 2 is 2.00 bits per heavy atom. The number of hydrogen-bond donors (Lipinski definition) is 3. The van der Waals surface area contributed by atoms with Crippen molar-refractivity contribution in [3.8, 4) is 0 Å². The van der Waals surface area contributed by atoms with Gasteiger partial charge < -0.3 is 10.6 Å². The summed E-state index contributed by atoms with van der Waals surface area (Å²) in [5, 5.41) is 7.70. The van der Waals surface area contributed by atoms with E-state index < -0.39 is 6.03 Å². The Labute approximate surface area is 83.6 Å². The van der Waals surface area contributed by atoms with Gasteiger partial charge in [-0.05, 0) is 19.3 Å². The van der Waals surface area contributed by atoms with Crippen LogP contribution in [-0.2, 0) is 4.79 Å². The van der Waals surface area contributed by atoms with Crippen molar-refractivity contribution in [3.05, 3.63) is 0 Å². The van der Waals surface area contributed by atoms with E-state index in [1.165, 1.54) is 7.05 Å². The average Bonchev–Trinajstić information content (AvgIpc) is 2.81. The molecule has 0 aromatic carbocycles. The lowest BCUT2D eigenvalue weighted by atomic mass is 10.3. The highest BCUT2D eigenvalue weighted by Crippen LogP contribution is 2.29. The quantitative estimate of drug-likeness (QED) is 0.591. The highest BCUT2D eigenvalue weighted by molar-refractivity contribution is 5.96. The summed E-state index contributed by atoms with van der Waals surface area (Å²) >= 11 is 0. The van der Waals surface area contributed by atoms with Gasteiger partial charge in [0.25, 0.3) is 0 Å². The number of carbonyl (C=O) groups excluding carboxylic acids is 2.